The zero-order chi connectivity index (χ0) is 10.6. The smallest absolute Gasteiger partial charge is 0.0740 e. The van der Waals surface area contributed by atoms with Crippen molar-refractivity contribution in [1.82, 2.24) is 0 Å². The Hall–Kier alpha value is 0.310. The van der Waals surface area contributed by atoms with E-state index in [1.54, 1.807) is 0 Å². The normalized spacial score (nSPS) is 49.9. The van der Waals surface area contributed by atoms with Crippen LogP contribution >= 0.6 is 11.8 Å². The van der Waals surface area contributed by atoms with Crippen molar-refractivity contribution in [1.29, 1.82) is 0 Å². The summed E-state index contributed by atoms with van der Waals surface area (Å²) in [5.74, 6) is 2.79. The maximum Gasteiger partial charge on any atom is 0.0740 e. The van der Waals surface area contributed by atoms with Crippen LogP contribution in [0.3, 0.4) is 0 Å². The number of hydrogen-bond donors (Lipinski definition) is 1. The van der Waals surface area contributed by atoms with Crippen LogP contribution < -0.4 is 0 Å². The minimum Gasteiger partial charge on any atom is -0.389 e. The Morgan fingerprint density at radius 3 is 2.50 bits per heavy atom. The molecule has 2 saturated carbocycles. The van der Waals surface area contributed by atoms with Gasteiger partial charge in [0.2, 0.25) is 0 Å². The van der Waals surface area contributed by atoms with Crippen molar-refractivity contribution < 1.29 is 5.11 Å². The molecule has 0 spiro atoms. The van der Waals surface area contributed by atoms with Crippen LogP contribution in [-0.2, 0) is 0 Å². The Morgan fingerprint density at radius 1 is 1.29 bits per heavy atom. The van der Waals surface area contributed by atoms with E-state index in [9.17, 15) is 5.11 Å². The zero-order valence-corrected chi connectivity index (χ0v) is 10.5. The summed E-state index contributed by atoms with van der Waals surface area (Å²) in [5.41, 5.74) is 0.0860. The highest BCUT2D eigenvalue weighted by Gasteiger charge is 2.63. The van der Waals surface area contributed by atoms with E-state index in [-0.39, 0.29) is 0 Å². The van der Waals surface area contributed by atoms with Crippen molar-refractivity contribution in [3.63, 3.8) is 0 Å². The Morgan fingerprint density at radius 2 is 1.93 bits per heavy atom. The van der Waals surface area contributed by atoms with Gasteiger partial charge in [0.1, 0.15) is 0 Å². The maximum atomic E-state index is 10.4. The first-order valence-electron chi connectivity index (χ1n) is 5.73. The summed E-state index contributed by atoms with van der Waals surface area (Å²) in [4.78, 5) is 0. The second kappa shape index (κ2) is 3.15. The zero-order valence-electron chi connectivity index (χ0n) is 9.71. The van der Waals surface area contributed by atoms with Gasteiger partial charge in [-0.1, -0.05) is 20.8 Å². The van der Waals surface area contributed by atoms with E-state index in [4.69, 9.17) is 0 Å². The predicted octanol–water partition coefficient (Wildman–Crippen LogP) is 2.93. The van der Waals surface area contributed by atoms with Crippen molar-refractivity contribution in [2.75, 3.05) is 5.75 Å². The number of thioether (sulfide) groups is 1. The second-order valence-electron chi connectivity index (χ2n) is 5.78. The maximum absolute atomic E-state index is 10.4. The first-order valence-corrected chi connectivity index (χ1v) is 6.78. The molecule has 0 radical (unpaired) electrons. The van der Waals surface area contributed by atoms with E-state index in [1.165, 1.54) is 6.42 Å². The fraction of sp³-hybridized carbons (Fsp3) is 1.00. The first kappa shape index (κ1) is 10.8. The van der Waals surface area contributed by atoms with Crippen LogP contribution in [0.15, 0.2) is 0 Å². The molecule has 0 unspecified atom stereocenters. The van der Waals surface area contributed by atoms with Crippen LogP contribution in [0.25, 0.3) is 0 Å². The topological polar surface area (TPSA) is 20.2 Å². The van der Waals surface area contributed by atoms with E-state index in [2.05, 4.69) is 20.8 Å². The molecule has 0 aromatic heterocycles. The van der Waals surface area contributed by atoms with Gasteiger partial charge >= 0.3 is 0 Å². The summed E-state index contributed by atoms with van der Waals surface area (Å²) in [6.07, 6.45) is 2.24. The highest BCUT2D eigenvalue weighted by atomic mass is 32.2. The van der Waals surface area contributed by atoms with Gasteiger partial charge in [0, 0.05) is 5.25 Å². The Labute approximate surface area is 91.7 Å². The first-order chi connectivity index (χ1) is 6.39. The van der Waals surface area contributed by atoms with Crippen LogP contribution in [0.1, 0.15) is 40.5 Å². The summed E-state index contributed by atoms with van der Waals surface area (Å²) in [5, 5.41) is 10.8. The van der Waals surface area contributed by atoms with E-state index >= 15 is 0 Å². The highest BCUT2D eigenvalue weighted by Crippen LogP contribution is 2.67. The molecule has 0 aliphatic heterocycles. The molecule has 0 amide bonds. The fourth-order valence-corrected chi connectivity index (χ4v) is 4.44. The van der Waals surface area contributed by atoms with Gasteiger partial charge in [0.15, 0.2) is 0 Å². The minimum atomic E-state index is -0.421. The van der Waals surface area contributed by atoms with E-state index in [0.29, 0.717) is 10.7 Å². The van der Waals surface area contributed by atoms with Crippen molar-refractivity contribution in [3.05, 3.63) is 0 Å². The molecule has 2 heteroatoms. The fourth-order valence-electron chi connectivity index (χ4n) is 3.24. The average molecular weight is 214 g/mol. The lowest BCUT2D eigenvalue weighted by molar-refractivity contribution is 0.0244. The predicted molar refractivity (Wildman–Crippen MR) is 62.5 cm³/mol. The summed E-state index contributed by atoms with van der Waals surface area (Å²) in [7, 11) is 0. The molecule has 82 valence electrons. The number of hydrogen-bond acceptors (Lipinski definition) is 2. The third kappa shape index (κ3) is 1.51. The van der Waals surface area contributed by atoms with Gasteiger partial charge in [0.25, 0.3) is 0 Å². The van der Waals surface area contributed by atoms with Gasteiger partial charge < -0.3 is 5.11 Å². The van der Waals surface area contributed by atoms with Gasteiger partial charge in [-0.2, -0.15) is 11.8 Å². The lowest BCUT2D eigenvalue weighted by Crippen LogP contribution is -2.41. The summed E-state index contributed by atoms with van der Waals surface area (Å²) < 4.78 is 0. The number of fused-ring (bicyclic) bond motifs is 1. The third-order valence-electron chi connectivity index (χ3n) is 4.45. The SMILES string of the molecule is CCS[C@H]1C[C@@H]2[C@H](C[C@]1(C)O)C2(C)C. The van der Waals surface area contributed by atoms with E-state index < -0.39 is 5.60 Å². The second-order valence-corrected chi connectivity index (χ2v) is 7.26. The molecule has 2 aliphatic rings. The van der Waals surface area contributed by atoms with Crippen LogP contribution in [-0.4, -0.2) is 21.7 Å². The van der Waals surface area contributed by atoms with Crippen LogP contribution in [0.4, 0.5) is 0 Å². The molecule has 4 atom stereocenters. The molecule has 2 fully saturated rings. The van der Waals surface area contributed by atoms with Crippen LogP contribution in [0.2, 0.25) is 0 Å². The quantitative estimate of drug-likeness (QED) is 0.762. The van der Waals surface area contributed by atoms with Crippen molar-refractivity contribution in [3.8, 4) is 0 Å². The largest absolute Gasteiger partial charge is 0.389 e. The monoisotopic (exact) mass is 214 g/mol. The Balaban J connectivity index is 2.07. The molecule has 0 aromatic rings. The van der Waals surface area contributed by atoms with E-state index in [1.807, 2.05) is 18.7 Å². The van der Waals surface area contributed by atoms with Crippen LogP contribution in [0, 0.1) is 17.3 Å². The summed E-state index contributed by atoms with van der Waals surface area (Å²) in [6, 6.07) is 0. The molecule has 0 aromatic carbocycles. The summed E-state index contributed by atoms with van der Waals surface area (Å²) in [6.45, 7) is 8.94. The Bertz CT molecular complexity index is 234. The Kier molecular flexibility index (Phi) is 2.43. The molecule has 0 saturated heterocycles. The molecule has 14 heavy (non-hydrogen) atoms. The molecule has 2 rings (SSSR count). The van der Waals surface area contributed by atoms with Gasteiger partial charge in [-0.05, 0) is 42.8 Å². The molecule has 2 aliphatic carbocycles. The number of rotatable bonds is 2. The van der Waals surface area contributed by atoms with Gasteiger partial charge in [-0.25, -0.2) is 0 Å². The molecule has 1 nitrogen and oxygen atoms in total. The number of aliphatic hydroxyl groups is 1. The van der Waals surface area contributed by atoms with Crippen molar-refractivity contribution >= 4 is 11.8 Å². The lowest BCUT2D eigenvalue weighted by Gasteiger charge is -2.36. The molecule has 0 bridgehead atoms. The molecular formula is C12H22OS. The lowest BCUT2D eigenvalue weighted by atomic mass is 9.86. The van der Waals surface area contributed by atoms with Crippen LogP contribution in [0.5, 0.6) is 0 Å². The average Bonchev–Trinajstić information content (AvgIpc) is 2.54. The van der Waals surface area contributed by atoms with Crippen molar-refractivity contribution in [2.45, 2.75) is 51.4 Å². The van der Waals surface area contributed by atoms with Crippen molar-refractivity contribution in [2.24, 2.45) is 17.3 Å². The van der Waals surface area contributed by atoms with Gasteiger partial charge in [-0.15, -0.1) is 0 Å². The summed E-state index contributed by atoms with van der Waals surface area (Å²) >= 11 is 1.94. The van der Waals surface area contributed by atoms with Gasteiger partial charge in [0.05, 0.1) is 5.60 Å². The highest BCUT2D eigenvalue weighted by molar-refractivity contribution is 7.99. The molecule has 1 N–H and O–H groups in total. The standard InChI is InChI=1S/C12H22OS/c1-5-14-10-6-8-9(11(8,2)3)7-12(10,4)13/h8-10,13H,5-7H2,1-4H3/t8-,9+,10+,12+/m1/s1. The third-order valence-corrected chi connectivity index (χ3v) is 5.89. The molecular weight excluding hydrogens is 192 g/mol. The van der Waals surface area contributed by atoms with E-state index in [0.717, 1.165) is 24.0 Å². The van der Waals surface area contributed by atoms with Gasteiger partial charge in [-0.3, -0.25) is 0 Å². The minimum absolute atomic E-state index is 0.421. The molecule has 0 heterocycles.